The summed E-state index contributed by atoms with van der Waals surface area (Å²) >= 11 is 0. The molecule has 0 amide bonds. The highest BCUT2D eigenvalue weighted by Gasteiger charge is 2.42. The Bertz CT molecular complexity index is 857. The van der Waals surface area contributed by atoms with E-state index in [4.69, 9.17) is 9.47 Å². The van der Waals surface area contributed by atoms with Crippen LogP contribution in [0.5, 0.6) is 5.75 Å². The zero-order chi connectivity index (χ0) is 19.8. The Morgan fingerprint density at radius 3 is 2.68 bits per heavy atom. The first-order chi connectivity index (χ1) is 13.3. The van der Waals surface area contributed by atoms with Crippen molar-refractivity contribution in [1.29, 1.82) is 0 Å². The molecule has 1 saturated heterocycles. The highest BCUT2D eigenvalue weighted by Crippen LogP contribution is 2.37. The van der Waals surface area contributed by atoms with Crippen LogP contribution in [0, 0.1) is 6.92 Å². The summed E-state index contributed by atoms with van der Waals surface area (Å²) in [6.07, 6.45) is 6.23. The molecular formula is C21H30N2O4S. The Balaban J connectivity index is 1.53. The van der Waals surface area contributed by atoms with E-state index in [1.165, 1.54) is 11.8 Å². The molecule has 0 radical (unpaired) electrons. The molecule has 0 N–H and O–H groups in total. The molecule has 7 heteroatoms. The van der Waals surface area contributed by atoms with Gasteiger partial charge in [0.25, 0.3) is 0 Å². The summed E-state index contributed by atoms with van der Waals surface area (Å²) in [5, 5.41) is 0. The van der Waals surface area contributed by atoms with Crippen LogP contribution in [-0.2, 0) is 21.3 Å². The van der Waals surface area contributed by atoms with Gasteiger partial charge in [0.15, 0.2) is 0 Å². The highest BCUT2D eigenvalue weighted by atomic mass is 32.2. The van der Waals surface area contributed by atoms with Crippen molar-refractivity contribution in [2.24, 2.45) is 0 Å². The molecule has 0 saturated carbocycles. The molecule has 1 aromatic carbocycles. The third-order valence-electron chi connectivity index (χ3n) is 6.00. The standard InChI is InChI=1S/C21H30N2O4S/c1-17-5-6-20-19(12-17)14-23(28(2,24)25)16-21(27-20)7-9-22(10-8-21)13-18-4-3-11-26-15-18/h4-6,12H,3,7-11,13-16H2,1-2H3. The number of sulfonamides is 1. The number of fused-ring (bicyclic) bond motifs is 1. The van der Waals surface area contributed by atoms with E-state index in [0.717, 1.165) is 69.0 Å². The van der Waals surface area contributed by atoms with Gasteiger partial charge in [-0.25, -0.2) is 8.42 Å². The van der Waals surface area contributed by atoms with Crippen molar-refractivity contribution in [1.82, 2.24) is 9.21 Å². The molecular weight excluding hydrogens is 376 g/mol. The summed E-state index contributed by atoms with van der Waals surface area (Å²) in [4.78, 5) is 2.43. The van der Waals surface area contributed by atoms with Crippen LogP contribution in [0.2, 0.25) is 0 Å². The van der Waals surface area contributed by atoms with Gasteiger partial charge in [0.05, 0.1) is 26.0 Å². The largest absolute Gasteiger partial charge is 0.485 e. The smallest absolute Gasteiger partial charge is 0.211 e. The molecule has 3 heterocycles. The van der Waals surface area contributed by atoms with Crippen LogP contribution in [0.1, 0.15) is 30.4 Å². The van der Waals surface area contributed by atoms with Gasteiger partial charge < -0.3 is 9.47 Å². The summed E-state index contributed by atoms with van der Waals surface area (Å²) < 4.78 is 38.5. The van der Waals surface area contributed by atoms with Gasteiger partial charge in [-0.2, -0.15) is 4.31 Å². The predicted octanol–water partition coefficient (Wildman–Crippen LogP) is 2.33. The minimum absolute atomic E-state index is 0.380. The van der Waals surface area contributed by atoms with Gasteiger partial charge in [0.1, 0.15) is 11.4 Å². The molecule has 6 nitrogen and oxygen atoms in total. The van der Waals surface area contributed by atoms with Crippen LogP contribution in [0.15, 0.2) is 29.8 Å². The second kappa shape index (κ2) is 7.78. The topological polar surface area (TPSA) is 59.1 Å². The molecule has 1 aromatic rings. The fourth-order valence-corrected chi connectivity index (χ4v) is 5.23. The quantitative estimate of drug-likeness (QED) is 0.721. The number of nitrogens with zero attached hydrogens (tertiary/aromatic N) is 2. The Labute approximate surface area is 168 Å². The number of rotatable bonds is 3. The van der Waals surface area contributed by atoms with E-state index in [-0.39, 0.29) is 0 Å². The van der Waals surface area contributed by atoms with E-state index >= 15 is 0 Å². The van der Waals surface area contributed by atoms with Crippen molar-refractivity contribution < 1.29 is 17.9 Å². The van der Waals surface area contributed by atoms with Gasteiger partial charge in [-0.15, -0.1) is 0 Å². The molecule has 3 aliphatic rings. The summed E-state index contributed by atoms with van der Waals surface area (Å²) in [7, 11) is -3.30. The third kappa shape index (κ3) is 4.43. The van der Waals surface area contributed by atoms with Crippen LogP contribution < -0.4 is 4.74 Å². The lowest BCUT2D eigenvalue weighted by Crippen LogP contribution is -2.54. The number of piperidine rings is 1. The van der Waals surface area contributed by atoms with Gasteiger partial charge in [0, 0.05) is 44.6 Å². The van der Waals surface area contributed by atoms with E-state index in [2.05, 4.69) is 11.0 Å². The first kappa shape index (κ1) is 19.9. The maximum absolute atomic E-state index is 12.4. The number of benzene rings is 1. The molecule has 3 aliphatic heterocycles. The van der Waals surface area contributed by atoms with Gasteiger partial charge >= 0.3 is 0 Å². The van der Waals surface area contributed by atoms with Gasteiger partial charge in [-0.05, 0) is 25.0 Å². The van der Waals surface area contributed by atoms with Gasteiger partial charge in [-0.3, -0.25) is 4.90 Å². The van der Waals surface area contributed by atoms with Crippen molar-refractivity contribution in [3.05, 3.63) is 41.0 Å². The normalized spacial score (nSPS) is 23.6. The Morgan fingerprint density at radius 2 is 2.00 bits per heavy atom. The fourth-order valence-electron chi connectivity index (χ4n) is 4.38. The van der Waals surface area contributed by atoms with Gasteiger partial charge in [-0.1, -0.05) is 23.8 Å². The van der Waals surface area contributed by atoms with Crippen LogP contribution in [-0.4, -0.2) is 68.9 Å². The van der Waals surface area contributed by atoms with Crippen molar-refractivity contribution in [3.8, 4) is 5.75 Å². The average Bonchev–Trinajstić information content (AvgIpc) is 2.81. The van der Waals surface area contributed by atoms with Crippen molar-refractivity contribution in [2.75, 3.05) is 45.6 Å². The second-order valence-electron chi connectivity index (χ2n) is 8.41. The molecule has 0 unspecified atom stereocenters. The van der Waals surface area contributed by atoms with E-state index in [0.29, 0.717) is 13.1 Å². The Kier molecular flexibility index (Phi) is 5.53. The molecule has 4 rings (SSSR count). The number of likely N-dealkylation sites (tertiary alicyclic amines) is 1. The van der Waals surface area contributed by atoms with E-state index in [1.807, 2.05) is 25.1 Å². The monoisotopic (exact) mass is 406 g/mol. The van der Waals surface area contributed by atoms with E-state index in [1.54, 1.807) is 4.31 Å². The molecule has 1 spiro atoms. The summed E-state index contributed by atoms with van der Waals surface area (Å²) in [6, 6.07) is 6.07. The number of hydrogen-bond donors (Lipinski definition) is 0. The molecule has 0 bridgehead atoms. The van der Waals surface area contributed by atoms with E-state index in [9.17, 15) is 8.42 Å². The molecule has 154 valence electrons. The summed E-state index contributed by atoms with van der Waals surface area (Å²) in [5.74, 6) is 0.827. The van der Waals surface area contributed by atoms with Crippen molar-refractivity contribution >= 4 is 10.0 Å². The number of hydrogen-bond acceptors (Lipinski definition) is 5. The zero-order valence-corrected chi connectivity index (χ0v) is 17.6. The summed E-state index contributed by atoms with van der Waals surface area (Å²) in [6.45, 7) is 7.10. The number of ether oxygens (including phenoxy) is 2. The maximum atomic E-state index is 12.4. The zero-order valence-electron chi connectivity index (χ0n) is 16.8. The molecule has 1 fully saturated rings. The maximum Gasteiger partial charge on any atom is 0.211 e. The predicted molar refractivity (Wildman–Crippen MR) is 109 cm³/mol. The molecule has 0 atom stereocenters. The molecule has 0 aliphatic carbocycles. The lowest BCUT2D eigenvalue weighted by Gasteiger charge is -2.42. The van der Waals surface area contributed by atoms with E-state index < -0.39 is 15.6 Å². The first-order valence-corrected chi connectivity index (χ1v) is 11.9. The van der Waals surface area contributed by atoms with Gasteiger partial charge in [0.2, 0.25) is 10.0 Å². The van der Waals surface area contributed by atoms with Crippen LogP contribution >= 0.6 is 0 Å². The lowest BCUT2D eigenvalue weighted by molar-refractivity contribution is -0.00434. The van der Waals surface area contributed by atoms with Crippen LogP contribution in [0.3, 0.4) is 0 Å². The summed E-state index contributed by atoms with van der Waals surface area (Å²) in [5.41, 5.74) is 2.96. The minimum Gasteiger partial charge on any atom is -0.485 e. The van der Waals surface area contributed by atoms with Crippen LogP contribution in [0.25, 0.3) is 0 Å². The van der Waals surface area contributed by atoms with Crippen molar-refractivity contribution in [2.45, 2.75) is 38.3 Å². The second-order valence-corrected chi connectivity index (χ2v) is 10.4. The van der Waals surface area contributed by atoms with Crippen molar-refractivity contribution in [3.63, 3.8) is 0 Å². The third-order valence-corrected chi connectivity index (χ3v) is 7.20. The average molecular weight is 407 g/mol. The molecule has 28 heavy (non-hydrogen) atoms. The first-order valence-electron chi connectivity index (χ1n) is 10.0. The van der Waals surface area contributed by atoms with Crippen LogP contribution in [0.4, 0.5) is 0 Å². The highest BCUT2D eigenvalue weighted by molar-refractivity contribution is 7.88. The minimum atomic E-state index is -3.30. The Hall–Kier alpha value is -1.41. The lowest BCUT2D eigenvalue weighted by atomic mass is 9.90. The molecule has 0 aromatic heterocycles. The Morgan fingerprint density at radius 1 is 1.21 bits per heavy atom. The SMILES string of the molecule is Cc1ccc2c(c1)CN(S(C)(=O)=O)CC1(CCN(CC3=CCCOC3)CC1)O2. The number of aryl methyl sites for hydroxylation is 1. The fraction of sp³-hybridized carbons (Fsp3) is 0.619.